The summed E-state index contributed by atoms with van der Waals surface area (Å²) in [5.74, 6) is -0.782. The van der Waals surface area contributed by atoms with E-state index in [0.29, 0.717) is 34.6 Å². The molecule has 1 amide bonds. The summed E-state index contributed by atoms with van der Waals surface area (Å²) in [6.45, 7) is 3.61. The third-order valence-electron chi connectivity index (χ3n) is 4.81. The van der Waals surface area contributed by atoms with Gasteiger partial charge in [-0.2, -0.15) is 0 Å². The van der Waals surface area contributed by atoms with Crippen molar-refractivity contribution in [3.63, 3.8) is 0 Å². The molecule has 0 bridgehead atoms. The summed E-state index contributed by atoms with van der Waals surface area (Å²) >= 11 is 0. The number of fused-ring (bicyclic) bond motifs is 1. The molecule has 1 aromatic carbocycles. The number of aromatic nitrogens is 1. The summed E-state index contributed by atoms with van der Waals surface area (Å²) in [6.07, 6.45) is 0.594. The molecule has 0 aliphatic carbocycles. The summed E-state index contributed by atoms with van der Waals surface area (Å²) in [5, 5.41) is 14.7. The van der Waals surface area contributed by atoms with Crippen LogP contribution in [0.25, 0.3) is 10.9 Å². The van der Waals surface area contributed by atoms with Gasteiger partial charge in [0.2, 0.25) is 5.75 Å². The maximum Gasteiger partial charge on any atom is 0.268 e. The van der Waals surface area contributed by atoms with E-state index >= 15 is 0 Å². The molecule has 0 aliphatic heterocycles. The number of ether oxygens (including phenoxy) is 3. The van der Waals surface area contributed by atoms with Gasteiger partial charge in [-0.15, -0.1) is 0 Å². The normalized spacial score (nSPS) is 13.1. The predicted octanol–water partition coefficient (Wildman–Crippen LogP) is 1.10. The van der Waals surface area contributed by atoms with Gasteiger partial charge in [0.25, 0.3) is 5.91 Å². The second-order valence-corrected chi connectivity index (χ2v) is 6.33. The maximum absolute atomic E-state index is 12.8. The van der Waals surface area contributed by atoms with Crippen molar-refractivity contribution >= 4 is 22.8 Å². The first-order valence-electron chi connectivity index (χ1n) is 8.60. The number of hydrogen-bond acceptors (Lipinski definition) is 6. The van der Waals surface area contributed by atoms with Crippen LogP contribution in [0.4, 0.5) is 0 Å². The smallest absolute Gasteiger partial charge is 0.268 e. The molecule has 2 atom stereocenters. The van der Waals surface area contributed by atoms with Gasteiger partial charge in [0, 0.05) is 12.4 Å². The van der Waals surface area contributed by atoms with E-state index < -0.39 is 17.9 Å². The fraction of sp³-hybridized carbons (Fsp3) is 0.474. The van der Waals surface area contributed by atoms with Gasteiger partial charge in [0.15, 0.2) is 11.5 Å². The van der Waals surface area contributed by atoms with Crippen molar-refractivity contribution in [3.8, 4) is 17.2 Å². The zero-order chi connectivity index (χ0) is 20.3. The van der Waals surface area contributed by atoms with E-state index in [0.717, 1.165) is 0 Å². The number of benzene rings is 1. The summed E-state index contributed by atoms with van der Waals surface area (Å²) < 4.78 is 17.8. The summed E-state index contributed by atoms with van der Waals surface area (Å²) in [6, 6.07) is 2.31. The van der Waals surface area contributed by atoms with Crippen molar-refractivity contribution in [2.45, 2.75) is 26.3 Å². The maximum atomic E-state index is 12.8. The van der Waals surface area contributed by atoms with Crippen molar-refractivity contribution in [2.75, 3.05) is 21.3 Å². The lowest BCUT2D eigenvalue weighted by Gasteiger charge is -2.25. The first-order chi connectivity index (χ1) is 12.8. The number of carbonyl (C=O) groups excluding carboxylic acids is 2. The molecule has 148 valence electrons. The van der Waals surface area contributed by atoms with E-state index in [1.165, 1.54) is 21.3 Å². The van der Waals surface area contributed by atoms with Gasteiger partial charge in [0.05, 0.1) is 38.9 Å². The van der Waals surface area contributed by atoms with E-state index in [-0.39, 0.29) is 11.6 Å². The largest absolute Gasteiger partial charge is 0.548 e. The van der Waals surface area contributed by atoms with Crippen LogP contribution in [0.3, 0.4) is 0 Å². The van der Waals surface area contributed by atoms with Crippen LogP contribution in [0.1, 0.15) is 30.8 Å². The standard InChI is InChI=1S/C19H26N2O6/c1-7-10(2)14(19(23)24)20-18(22)12-8-11-9-13(25-4)16(26-5)17(27-6)15(11)21(12)3/h8-10,14H,7H2,1-6H3,(H,20,22)(H,23,24)/p-1/t10-,14+/m1/s1. The van der Waals surface area contributed by atoms with Crippen molar-refractivity contribution in [1.82, 2.24) is 9.88 Å². The van der Waals surface area contributed by atoms with E-state index in [9.17, 15) is 14.7 Å². The molecule has 0 saturated heterocycles. The summed E-state index contributed by atoms with van der Waals surface area (Å²) in [5.41, 5.74) is 0.919. The highest BCUT2D eigenvalue weighted by molar-refractivity contribution is 6.02. The Morgan fingerprint density at radius 3 is 2.26 bits per heavy atom. The lowest BCUT2D eigenvalue weighted by Crippen LogP contribution is -2.51. The van der Waals surface area contributed by atoms with Gasteiger partial charge in [-0.3, -0.25) is 4.79 Å². The van der Waals surface area contributed by atoms with E-state index in [2.05, 4.69) is 5.32 Å². The zero-order valence-electron chi connectivity index (χ0n) is 16.4. The molecule has 0 spiro atoms. The van der Waals surface area contributed by atoms with Crippen LogP contribution in [-0.2, 0) is 11.8 Å². The Labute approximate surface area is 158 Å². The topological polar surface area (TPSA) is 102 Å². The molecular weight excluding hydrogens is 352 g/mol. The van der Waals surface area contributed by atoms with E-state index in [1.54, 1.807) is 30.7 Å². The molecule has 8 heteroatoms. The van der Waals surface area contributed by atoms with E-state index in [4.69, 9.17) is 14.2 Å². The highest BCUT2D eigenvalue weighted by Crippen LogP contribution is 2.44. The molecule has 1 aromatic heterocycles. The molecule has 1 heterocycles. The third-order valence-corrected chi connectivity index (χ3v) is 4.81. The number of carboxylic acid groups (broad SMARTS) is 1. The molecule has 2 rings (SSSR count). The van der Waals surface area contributed by atoms with Crippen LogP contribution in [0.5, 0.6) is 17.2 Å². The van der Waals surface area contributed by atoms with Crippen LogP contribution in [0, 0.1) is 5.92 Å². The molecule has 0 fully saturated rings. The third kappa shape index (κ3) is 3.65. The number of aryl methyl sites for hydroxylation is 1. The predicted molar refractivity (Wildman–Crippen MR) is 98.3 cm³/mol. The zero-order valence-corrected chi connectivity index (χ0v) is 16.4. The van der Waals surface area contributed by atoms with Crippen LogP contribution >= 0.6 is 0 Å². The minimum absolute atomic E-state index is 0.261. The summed E-state index contributed by atoms with van der Waals surface area (Å²) in [4.78, 5) is 24.2. The molecule has 0 unspecified atom stereocenters. The van der Waals surface area contributed by atoms with Crippen molar-refractivity contribution < 1.29 is 28.9 Å². The van der Waals surface area contributed by atoms with E-state index in [1.807, 2.05) is 6.92 Å². The first kappa shape index (κ1) is 20.4. The molecule has 2 aromatic rings. The molecule has 0 radical (unpaired) electrons. The van der Waals surface area contributed by atoms with Gasteiger partial charge >= 0.3 is 0 Å². The highest BCUT2D eigenvalue weighted by Gasteiger charge is 2.25. The molecule has 1 N–H and O–H groups in total. The molecule has 0 aliphatic rings. The highest BCUT2D eigenvalue weighted by atomic mass is 16.5. The number of amides is 1. The van der Waals surface area contributed by atoms with Crippen LogP contribution in [0.15, 0.2) is 12.1 Å². The molecule has 27 heavy (non-hydrogen) atoms. The Kier molecular flexibility index (Phi) is 6.20. The number of carbonyl (C=O) groups is 2. The van der Waals surface area contributed by atoms with Gasteiger partial charge in [-0.1, -0.05) is 20.3 Å². The number of aliphatic carboxylic acids is 1. The Hall–Kier alpha value is -2.90. The van der Waals surface area contributed by atoms with Crippen LogP contribution in [0.2, 0.25) is 0 Å². The number of nitrogens with one attached hydrogen (secondary N) is 1. The first-order valence-corrected chi connectivity index (χ1v) is 8.60. The number of rotatable bonds is 8. The van der Waals surface area contributed by atoms with Gasteiger partial charge in [0.1, 0.15) is 5.69 Å². The van der Waals surface area contributed by atoms with Gasteiger partial charge < -0.3 is 34.0 Å². The minimum atomic E-state index is -1.31. The average Bonchev–Trinajstić information content (AvgIpc) is 2.99. The van der Waals surface area contributed by atoms with Crippen molar-refractivity contribution in [3.05, 3.63) is 17.8 Å². The summed E-state index contributed by atoms with van der Waals surface area (Å²) in [7, 11) is 6.21. The average molecular weight is 377 g/mol. The fourth-order valence-electron chi connectivity index (χ4n) is 3.08. The van der Waals surface area contributed by atoms with Crippen molar-refractivity contribution in [2.24, 2.45) is 13.0 Å². The number of nitrogens with zero attached hydrogens (tertiary/aromatic N) is 1. The lowest BCUT2D eigenvalue weighted by molar-refractivity contribution is -0.309. The monoisotopic (exact) mass is 377 g/mol. The Morgan fingerprint density at radius 1 is 1.15 bits per heavy atom. The minimum Gasteiger partial charge on any atom is -0.548 e. The van der Waals surface area contributed by atoms with Gasteiger partial charge in [-0.25, -0.2) is 0 Å². The second-order valence-electron chi connectivity index (χ2n) is 6.33. The Morgan fingerprint density at radius 2 is 1.78 bits per heavy atom. The number of methoxy groups -OCH3 is 3. The fourth-order valence-corrected chi connectivity index (χ4v) is 3.08. The van der Waals surface area contributed by atoms with Gasteiger partial charge in [-0.05, 0) is 18.1 Å². The number of hydrogen-bond donors (Lipinski definition) is 1. The molecular formula is C19H25N2O6-. The lowest BCUT2D eigenvalue weighted by atomic mass is 9.99. The SMILES string of the molecule is CC[C@@H](C)[C@H](NC(=O)c1cc2cc(OC)c(OC)c(OC)c2n1C)C(=O)[O-]. The Balaban J connectivity index is 2.55. The molecule has 0 saturated carbocycles. The van der Waals surface area contributed by atoms with Crippen molar-refractivity contribution in [1.29, 1.82) is 0 Å². The second kappa shape index (κ2) is 8.20. The number of carboxylic acids is 1. The van der Waals surface area contributed by atoms with Crippen LogP contribution in [-0.4, -0.2) is 43.8 Å². The Bertz CT molecular complexity index is 858. The molecule has 8 nitrogen and oxygen atoms in total. The quantitative estimate of drug-likeness (QED) is 0.739. The van der Waals surface area contributed by atoms with Crippen LogP contribution < -0.4 is 24.6 Å².